The lowest BCUT2D eigenvalue weighted by Gasteiger charge is -2.11. The van der Waals surface area contributed by atoms with Crippen LogP contribution in [0.5, 0.6) is 0 Å². The van der Waals surface area contributed by atoms with Crippen LogP contribution in [-0.4, -0.2) is 16.7 Å². The number of hydrogen-bond acceptors (Lipinski definition) is 3. The predicted molar refractivity (Wildman–Crippen MR) is 75.2 cm³/mol. The first-order valence-corrected chi connectivity index (χ1v) is 8.57. The van der Waals surface area contributed by atoms with Crippen molar-refractivity contribution in [2.45, 2.75) is 6.92 Å². The highest BCUT2D eigenvalue weighted by Gasteiger charge is 2.41. The van der Waals surface area contributed by atoms with Crippen LogP contribution < -0.4 is 21.2 Å². The molecular formula is C17H12IO3+. The van der Waals surface area contributed by atoms with Crippen molar-refractivity contribution in [1.29, 1.82) is 0 Å². The van der Waals surface area contributed by atoms with Crippen LogP contribution in [0.25, 0.3) is 5.76 Å². The summed E-state index contributed by atoms with van der Waals surface area (Å²) in [6.07, 6.45) is 0. The van der Waals surface area contributed by atoms with Crippen molar-refractivity contribution in [3.63, 3.8) is 0 Å². The molecule has 1 aliphatic rings. The number of fused-ring (bicyclic) bond motifs is 1. The summed E-state index contributed by atoms with van der Waals surface area (Å²) in [5, 5.41) is 10.4. The number of benzene rings is 2. The molecule has 0 unspecified atom stereocenters. The highest BCUT2D eigenvalue weighted by atomic mass is 127. The summed E-state index contributed by atoms with van der Waals surface area (Å²) in [7, 11) is 0. The van der Waals surface area contributed by atoms with E-state index in [0.29, 0.717) is 5.56 Å². The number of aliphatic hydroxyl groups is 1. The molecule has 0 amide bonds. The number of ketones is 2. The van der Waals surface area contributed by atoms with Crippen LogP contribution in [0.2, 0.25) is 0 Å². The van der Waals surface area contributed by atoms with Gasteiger partial charge in [0.25, 0.3) is 9.36 Å². The molecule has 1 N–H and O–H groups in total. The summed E-state index contributed by atoms with van der Waals surface area (Å²) in [6, 6.07) is 14.5. The number of aryl methyl sites for hydroxylation is 1. The van der Waals surface area contributed by atoms with Gasteiger partial charge in [-0.15, -0.1) is 0 Å². The lowest BCUT2D eigenvalue weighted by atomic mass is 9.94. The second-order valence-corrected chi connectivity index (χ2v) is 7.62. The average Bonchev–Trinajstić information content (AvgIpc) is 2.51. The Hall–Kier alpha value is -1.95. The zero-order valence-electron chi connectivity index (χ0n) is 11.3. The molecule has 0 fully saturated rings. The lowest BCUT2D eigenvalue weighted by molar-refractivity contribution is -0.569. The number of aliphatic hydroxyl groups excluding tert-OH is 1. The molecule has 3 rings (SSSR count). The average molecular weight is 391 g/mol. The first-order chi connectivity index (χ1) is 10.1. The minimum Gasteiger partial charge on any atom is -0.503 e. The van der Waals surface area contributed by atoms with Gasteiger partial charge in [-0.2, -0.15) is 0 Å². The molecule has 2 aromatic carbocycles. The van der Waals surface area contributed by atoms with Crippen molar-refractivity contribution in [1.82, 2.24) is 0 Å². The maximum Gasteiger partial charge on any atom is 0.366 e. The number of halogens is 1. The van der Waals surface area contributed by atoms with Gasteiger partial charge in [0, 0.05) is 11.1 Å². The molecule has 0 bridgehead atoms. The molecule has 21 heavy (non-hydrogen) atoms. The van der Waals surface area contributed by atoms with Crippen LogP contribution in [-0.2, 0) is 4.79 Å². The van der Waals surface area contributed by atoms with Crippen LogP contribution in [0.4, 0.5) is 0 Å². The Kier molecular flexibility index (Phi) is 3.63. The number of hydrogen-bond donors (Lipinski definition) is 1. The molecule has 0 aliphatic heterocycles. The van der Waals surface area contributed by atoms with E-state index in [-0.39, 0.29) is 14.9 Å². The zero-order chi connectivity index (χ0) is 15.0. The molecule has 0 atom stereocenters. The second kappa shape index (κ2) is 5.44. The third-order valence-corrected chi connectivity index (χ3v) is 6.14. The fourth-order valence-electron chi connectivity index (χ4n) is 2.13. The first kappa shape index (κ1) is 14.0. The van der Waals surface area contributed by atoms with E-state index in [4.69, 9.17) is 0 Å². The van der Waals surface area contributed by atoms with E-state index >= 15 is 0 Å². The standard InChI is InChI=1S/C17H11IO3/c1-10-6-8-11(9-7-10)18-14-15(19)12-4-2-3-5-13(12)16(20)17(14)21/h2-9H,1H3/p+1. The number of Topliss-reactive ketones (excluding diaryl/α,β-unsaturated/α-hetero) is 2. The summed E-state index contributed by atoms with van der Waals surface area (Å²) in [6.45, 7) is 1.99. The quantitative estimate of drug-likeness (QED) is 0.577. The largest absolute Gasteiger partial charge is 0.503 e. The summed E-state index contributed by atoms with van der Waals surface area (Å²) in [5.41, 5.74) is 1.89. The van der Waals surface area contributed by atoms with Crippen LogP contribution in [0.3, 0.4) is 0 Å². The van der Waals surface area contributed by atoms with Crippen molar-refractivity contribution in [2.75, 3.05) is 0 Å². The normalized spacial score (nSPS) is 14.3. The molecule has 0 saturated carbocycles. The molecular weight excluding hydrogens is 379 g/mol. The molecule has 0 saturated heterocycles. The van der Waals surface area contributed by atoms with Gasteiger partial charge in [-0.05, 0) is 19.1 Å². The van der Waals surface area contributed by atoms with Gasteiger partial charge < -0.3 is 5.11 Å². The minimum atomic E-state index is -0.882. The molecule has 0 radical (unpaired) electrons. The van der Waals surface area contributed by atoms with Crippen molar-refractivity contribution in [3.8, 4) is 0 Å². The first-order valence-electron chi connectivity index (χ1n) is 6.41. The second-order valence-electron chi connectivity index (χ2n) is 4.76. The Bertz CT molecular complexity index is 773. The van der Waals surface area contributed by atoms with E-state index in [2.05, 4.69) is 0 Å². The van der Waals surface area contributed by atoms with E-state index in [9.17, 15) is 14.7 Å². The van der Waals surface area contributed by atoms with Crippen molar-refractivity contribution in [3.05, 3.63) is 72.4 Å². The van der Waals surface area contributed by atoms with Crippen molar-refractivity contribution in [2.24, 2.45) is 0 Å². The molecule has 4 heteroatoms. The van der Waals surface area contributed by atoms with Crippen LogP contribution in [0.15, 0.2) is 52.1 Å². The molecule has 0 spiro atoms. The molecule has 0 heterocycles. The van der Waals surface area contributed by atoms with Crippen LogP contribution in [0.1, 0.15) is 21.5 Å². The third kappa shape index (κ3) is 2.51. The van der Waals surface area contributed by atoms with Gasteiger partial charge >= 0.3 is 21.2 Å². The SMILES string of the molecule is Cc1ccc([I+]C2=C(O)c3ccccc3C(=O)C2=O)cc1. The molecule has 2 aromatic rings. The Morgan fingerprint density at radius 2 is 1.48 bits per heavy atom. The fourth-order valence-corrected chi connectivity index (χ4v) is 4.51. The maximum atomic E-state index is 12.2. The Balaban J connectivity index is 2.06. The van der Waals surface area contributed by atoms with Gasteiger partial charge in [0.2, 0.25) is 5.78 Å². The summed E-state index contributed by atoms with van der Waals surface area (Å²) in [4.78, 5) is 24.4. The Morgan fingerprint density at radius 1 is 0.857 bits per heavy atom. The van der Waals surface area contributed by atoms with E-state index < -0.39 is 32.8 Å². The van der Waals surface area contributed by atoms with Gasteiger partial charge in [0.15, 0.2) is 9.33 Å². The van der Waals surface area contributed by atoms with E-state index in [1.54, 1.807) is 24.3 Å². The lowest BCUT2D eigenvalue weighted by Crippen LogP contribution is -3.61. The Labute approximate surface area is 132 Å². The fraction of sp³-hybridized carbons (Fsp3) is 0.0588. The Morgan fingerprint density at radius 3 is 2.14 bits per heavy atom. The summed E-state index contributed by atoms with van der Waals surface area (Å²) >= 11 is -0.882. The highest BCUT2D eigenvalue weighted by Crippen LogP contribution is 2.24. The van der Waals surface area contributed by atoms with Gasteiger partial charge in [-0.1, -0.05) is 42.0 Å². The van der Waals surface area contributed by atoms with Crippen molar-refractivity contribution < 1.29 is 35.9 Å². The van der Waals surface area contributed by atoms with Crippen LogP contribution in [0, 0.1) is 10.5 Å². The number of rotatable bonds is 2. The number of carbonyl (C=O) groups excluding carboxylic acids is 2. The van der Waals surface area contributed by atoms with E-state index in [0.717, 1.165) is 9.13 Å². The number of allylic oxidation sites excluding steroid dienone is 1. The highest BCUT2D eigenvalue weighted by molar-refractivity contribution is 6.51. The van der Waals surface area contributed by atoms with Crippen molar-refractivity contribution >= 4 is 17.3 Å². The third-order valence-electron chi connectivity index (χ3n) is 3.25. The number of carbonyl (C=O) groups is 2. The smallest absolute Gasteiger partial charge is 0.366 e. The monoisotopic (exact) mass is 391 g/mol. The molecule has 0 aromatic heterocycles. The zero-order valence-corrected chi connectivity index (χ0v) is 13.4. The molecule has 104 valence electrons. The van der Waals surface area contributed by atoms with Gasteiger partial charge in [0.1, 0.15) is 0 Å². The van der Waals surface area contributed by atoms with Gasteiger partial charge in [-0.3, -0.25) is 9.59 Å². The van der Waals surface area contributed by atoms with E-state index in [1.807, 2.05) is 31.2 Å². The molecule has 1 aliphatic carbocycles. The predicted octanol–water partition coefficient (Wildman–Crippen LogP) is -0.0542. The van der Waals surface area contributed by atoms with Gasteiger partial charge in [0.05, 0.1) is 0 Å². The van der Waals surface area contributed by atoms with E-state index in [1.165, 1.54) is 0 Å². The van der Waals surface area contributed by atoms with Gasteiger partial charge in [-0.25, -0.2) is 0 Å². The molecule has 3 nitrogen and oxygen atoms in total. The van der Waals surface area contributed by atoms with Crippen LogP contribution >= 0.6 is 0 Å². The summed E-state index contributed by atoms with van der Waals surface area (Å²) in [5.74, 6) is -1.13. The maximum absolute atomic E-state index is 12.2. The summed E-state index contributed by atoms with van der Waals surface area (Å²) < 4.78 is 1.28. The topological polar surface area (TPSA) is 54.4 Å². The minimum absolute atomic E-state index is 0.0384.